The lowest BCUT2D eigenvalue weighted by molar-refractivity contribution is 0.406. The average Bonchev–Trinajstić information content (AvgIpc) is 3.01. The van der Waals surface area contributed by atoms with E-state index in [1.807, 2.05) is 0 Å². The van der Waals surface area contributed by atoms with Crippen molar-refractivity contribution in [2.24, 2.45) is 0 Å². The molecule has 0 spiro atoms. The summed E-state index contributed by atoms with van der Waals surface area (Å²) in [6.07, 6.45) is 8.46. The number of rotatable bonds is 2. The third-order valence-corrected chi connectivity index (χ3v) is 9.80. The topological polar surface area (TPSA) is 20.2 Å². The van der Waals surface area contributed by atoms with Gasteiger partial charge in [0.25, 0.3) is 0 Å². The van der Waals surface area contributed by atoms with Crippen LogP contribution in [0.3, 0.4) is 0 Å². The van der Waals surface area contributed by atoms with Crippen LogP contribution < -0.4 is 5.19 Å². The molecule has 0 bridgehead atoms. The molecule has 1 atom stereocenters. The van der Waals surface area contributed by atoms with E-state index in [1.165, 1.54) is 33.5 Å². The molecule has 0 saturated heterocycles. The highest BCUT2D eigenvalue weighted by Crippen LogP contribution is 2.48. The zero-order valence-electron chi connectivity index (χ0n) is 11.5. The van der Waals surface area contributed by atoms with Gasteiger partial charge in [0, 0.05) is 6.42 Å². The van der Waals surface area contributed by atoms with Gasteiger partial charge in [-0.3, -0.25) is 0 Å². The summed E-state index contributed by atoms with van der Waals surface area (Å²) in [7, 11) is -1.58. The molecule has 1 aromatic rings. The summed E-state index contributed by atoms with van der Waals surface area (Å²) in [5, 5.41) is 13.2. The van der Waals surface area contributed by atoms with Gasteiger partial charge < -0.3 is 5.11 Å². The highest BCUT2D eigenvalue weighted by Gasteiger charge is 2.51. The Bertz CT molecular complexity index is 693. The third-order valence-electron chi connectivity index (χ3n) is 5.12. The molecule has 0 saturated carbocycles. The van der Waals surface area contributed by atoms with Crippen molar-refractivity contribution in [2.45, 2.75) is 32.4 Å². The Morgan fingerprint density at radius 2 is 2.16 bits per heavy atom. The molecular weight excluding hydrogens is 248 g/mol. The van der Waals surface area contributed by atoms with Crippen LogP contribution in [-0.4, -0.2) is 13.2 Å². The van der Waals surface area contributed by atoms with E-state index in [0.29, 0.717) is 5.76 Å². The van der Waals surface area contributed by atoms with Crippen molar-refractivity contribution in [3.8, 4) is 0 Å². The minimum Gasteiger partial charge on any atom is -0.512 e. The minimum atomic E-state index is -1.58. The van der Waals surface area contributed by atoms with Gasteiger partial charge in [-0.25, -0.2) is 0 Å². The highest BCUT2D eigenvalue weighted by atomic mass is 28.3. The molecule has 0 aromatic heterocycles. The molecule has 0 radical (unpaired) electrons. The molecule has 3 aliphatic rings. The number of benzene rings is 1. The number of allylic oxidation sites excluding steroid dienone is 5. The first-order valence-electron chi connectivity index (χ1n) is 7.12. The molecule has 2 heteroatoms. The van der Waals surface area contributed by atoms with E-state index in [0.717, 1.165) is 12.8 Å². The molecular formula is C17H18OSi. The third kappa shape index (κ3) is 1.20. The lowest BCUT2D eigenvalue weighted by Gasteiger charge is -2.43. The van der Waals surface area contributed by atoms with E-state index in [1.54, 1.807) is 5.19 Å². The van der Waals surface area contributed by atoms with E-state index in [4.69, 9.17) is 0 Å². The van der Waals surface area contributed by atoms with Gasteiger partial charge in [0.15, 0.2) is 0 Å². The molecule has 0 amide bonds. The zero-order valence-corrected chi connectivity index (χ0v) is 12.5. The first-order chi connectivity index (χ1) is 9.16. The molecule has 96 valence electrons. The fraction of sp³-hybridized carbons (Fsp3) is 0.294. The van der Waals surface area contributed by atoms with Crippen LogP contribution in [0.2, 0.25) is 12.6 Å². The van der Waals surface area contributed by atoms with Gasteiger partial charge in [-0.15, -0.1) is 0 Å². The van der Waals surface area contributed by atoms with Gasteiger partial charge >= 0.3 is 0 Å². The molecule has 1 nitrogen and oxygen atoms in total. The lowest BCUT2D eigenvalue weighted by Crippen LogP contribution is -2.58. The number of hydrogen-bond donors (Lipinski definition) is 1. The molecule has 4 rings (SSSR count). The zero-order chi connectivity index (χ0) is 13.2. The molecule has 1 aromatic carbocycles. The number of aliphatic hydroxyl groups excluding tert-OH is 1. The van der Waals surface area contributed by atoms with Crippen LogP contribution in [-0.2, 0) is 6.42 Å². The second kappa shape index (κ2) is 3.51. The van der Waals surface area contributed by atoms with Crippen molar-refractivity contribution in [3.63, 3.8) is 0 Å². The Balaban J connectivity index is 1.99. The van der Waals surface area contributed by atoms with Crippen LogP contribution in [0.5, 0.6) is 0 Å². The van der Waals surface area contributed by atoms with Crippen molar-refractivity contribution >= 4 is 24.0 Å². The Morgan fingerprint density at radius 1 is 1.32 bits per heavy atom. The van der Waals surface area contributed by atoms with Crippen LogP contribution in [0.1, 0.15) is 30.0 Å². The predicted molar refractivity (Wildman–Crippen MR) is 83.2 cm³/mol. The number of aliphatic hydroxyl groups is 1. The van der Waals surface area contributed by atoms with Crippen LogP contribution in [0.15, 0.2) is 36.1 Å². The van der Waals surface area contributed by atoms with Crippen LogP contribution >= 0.6 is 0 Å². The van der Waals surface area contributed by atoms with E-state index >= 15 is 0 Å². The maximum atomic E-state index is 10.3. The highest BCUT2D eigenvalue weighted by molar-refractivity contribution is 7.11. The van der Waals surface area contributed by atoms with Gasteiger partial charge in [0.1, 0.15) is 8.07 Å². The quantitative estimate of drug-likeness (QED) is 0.809. The van der Waals surface area contributed by atoms with Gasteiger partial charge in [0.2, 0.25) is 0 Å². The fourth-order valence-electron chi connectivity index (χ4n) is 3.99. The van der Waals surface area contributed by atoms with E-state index < -0.39 is 8.07 Å². The lowest BCUT2D eigenvalue weighted by atomic mass is 9.98. The molecule has 1 aliphatic heterocycles. The molecule has 0 fully saturated rings. The van der Waals surface area contributed by atoms with Crippen molar-refractivity contribution in [1.82, 2.24) is 0 Å². The van der Waals surface area contributed by atoms with Gasteiger partial charge in [-0.1, -0.05) is 49.9 Å². The van der Waals surface area contributed by atoms with E-state index in [9.17, 15) is 5.11 Å². The minimum absolute atomic E-state index is 0.661. The fourth-order valence-corrected chi connectivity index (χ4v) is 8.00. The normalized spacial score (nSPS) is 26.5. The maximum absolute atomic E-state index is 10.3. The summed E-state index contributed by atoms with van der Waals surface area (Å²) in [6.45, 7) is 4.70. The van der Waals surface area contributed by atoms with Crippen molar-refractivity contribution in [2.75, 3.05) is 0 Å². The van der Waals surface area contributed by atoms with Crippen LogP contribution in [0, 0.1) is 0 Å². The Kier molecular flexibility index (Phi) is 2.09. The van der Waals surface area contributed by atoms with Gasteiger partial charge in [-0.05, 0) is 39.1 Å². The van der Waals surface area contributed by atoms with Crippen LogP contribution in [0.4, 0.5) is 0 Å². The molecule has 2 aliphatic carbocycles. The summed E-state index contributed by atoms with van der Waals surface area (Å²) < 4.78 is 0. The Hall–Kier alpha value is -1.54. The monoisotopic (exact) mass is 266 g/mol. The van der Waals surface area contributed by atoms with Crippen LogP contribution in [0.25, 0.3) is 10.8 Å². The van der Waals surface area contributed by atoms with Crippen molar-refractivity contribution in [1.29, 1.82) is 0 Å². The Morgan fingerprint density at radius 3 is 2.84 bits per heavy atom. The summed E-state index contributed by atoms with van der Waals surface area (Å²) in [4.78, 5) is 0. The van der Waals surface area contributed by atoms with Crippen molar-refractivity contribution in [3.05, 3.63) is 52.8 Å². The summed E-state index contributed by atoms with van der Waals surface area (Å²) in [5.41, 5.74) is 5.67. The maximum Gasteiger partial charge on any atom is 0.121 e. The largest absolute Gasteiger partial charge is 0.512 e. The predicted octanol–water partition coefficient (Wildman–Crippen LogP) is 3.71. The SMILES string of the molecule is CC[Si]1(C)C2=C(O)Cc3ccc(C4=CC=CC4)c1c32. The Labute approximate surface area is 115 Å². The molecule has 1 heterocycles. The van der Waals surface area contributed by atoms with Gasteiger partial charge in [0.05, 0.1) is 5.76 Å². The first kappa shape index (κ1) is 11.3. The first-order valence-corrected chi connectivity index (χ1v) is 9.83. The van der Waals surface area contributed by atoms with E-state index in [2.05, 4.69) is 43.8 Å². The molecule has 19 heavy (non-hydrogen) atoms. The smallest absolute Gasteiger partial charge is 0.121 e. The summed E-state index contributed by atoms with van der Waals surface area (Å²) >= 11 is 0. The second-order valence-electron chi connectivity index (χ2n) is 6.03. The standard InChI is InChI=1S/C17H18OSi/c1-3-19(2)16-13(11-6-4-5-7-11)9-8-12-10-14(18)17(19)15(12)16/h4-6,8-9,18H,3,7,10H2,1-2H3. The second-order valence-corrected chi connectivity index (χ2v) is 10.4. The summed E-state index contributed by atoms with van der Waals surface area (Å²) in [6, 6.07) is 5.71. The van der Waals surface area contributed by atoms with E-state index in [-0.39, 0.29) is 0 Å². The van der Waals surface area contributed by atoms with Crippen molar-refractivity contribution < 1.29 is 5.11 Å². The molecule has 1 unspecified atom stereocenters. The van der Waals surface area contributed by atoms with Gasteiger partial charge in [-0.2, -0.15) is 0 Å². The number of hydrogen-bond acceptors (Lipinski definition) is 1. The summed E-state index contributed by atoms with van der Waals surface area (Å²) in [5.74, 6) is 0.661. The molecule has 1 N–H and O–H groups in total. The average molecular weight is 266 g/mol.